The van der Waals surface area contributed by atoms with Crippen LogP contribution in [0.2, 0.25) is 0 Å². The van der Waals surface area contributed by atoms with Gasteiger partial charge in [-0.25, -0.2) is 5.48 Å². The monoisotopic (exact) mass is 231 g/mol. The van der Waals surface area contributed by atoms with Crippen molar-refractivity contribution >= 4 is 0 Å². The number of nitrogens with one attached hydrogen (secondary N) is 1. The van der Waals surface area contributed by atoms with Crippen molar-refractivity contribution in [1.29, 1.82) is 0 Å². The Morgan fingerprint density at radius 1 is 1.31 bits per heavy atom. The first-order chi connectivity index (χ1) is 7.56. The van der Waals surface area contributed by atoms with Crippen LogP contribution in [0.15, 0.2) is 24.3 Å². The van der Waals surface area contributed by atoms with Crippen molar-refractivity contribution in [2.45, 2.75) is 18.5 Å². The molecule has 1 atom stereocenters. The normalized spacial score (nSPS) is 19.1. The van der Waals surface area contributed by atoms with E-state index in [1.807, 2.05) is 24.3 Å². The van der Waals surface area contributed by atoms with Crippen molar-refractivity contribution in [3.63, 3.8) is 0 Å². The lowest BCUT2D eigenvalue weighted by molar-refractivity contribution is -0.189. The van der Waals surface area contributed by atoms with Crippen LogP contribution in [-0.2, 0) is 11.3 Å². The van der Waals surface area contributed by atoms with Crippen LogP contribution in [0.1, 0.15) is 17.0 Å². The summed E-state index contributed by atoms with van der Waals surface area (Å²) in [7, 11) is 0. The second-order valence-electron chi connectivity index (χ2n) is 3.85. The van der Waals surface area contributed by atoms with Gasteiger partial charge in [0.1, 0.15) is 0 Å². The highest BCUT2D eigenvalue weighted by Gasteiger charge is 2.29. The van der Waals surface area contributed by atoms with Gasteiger partial charge in [0, 0.05) is 12.5 Å². The molecule has 0 heterocycles. The number of benzene rings is 1. The Labute approximate surface area is 91.4 Å². The number of alkyl halides is 3. The summed E-state index contributed by atoms with van der Waals surface area (Å²) in [6.07, 6.45) is -3.37. The van der Waals surface area contributed by atoms with Crippen LogP contribution >= 0.6 is 0 Å². The van der Waals surface area contributed by atoms with Gasteiger partial charge in [-0.3, -0.25) is 4.84 Å². The van der Waals surface area contributed by atoms with Crippen LogP contribution in [0.25, 0.3) is 0 Å². The fourth-order valence-corrected chi connectivity index (χ4v) is 1.84. The molecule has 1 aromatic carbocycles. The van der Waals surface area contributed by atoms with Crippen molar-refractivity contribution in [2.24, 2.45) is 0 Å². The van der Waals surface area contributed by atoms with Gasteiger partial charge >= 0.3 is 6.18 Å². The standard InChI is InChI=1S/C11H12F3NO/c12-11(13,14)7-16-15-6-9-5-8-3-1-2-4-10(8)9/h1-4,9,15H,5-7H2. The van der Waals surface area contributed by atoms with Gasteiger partial charge in [0.2, 0.25) is 0 Å². The van der Waals surface area contributed by atoms with E-state index in [-0.39, 0.29) is 5.92 Å². The minimum absolute atomic E-state index is 0.268. The van der Waals surface area contributed by atoms with Crippen molar-refractivity contribution < 1.29 is 18.0 Å². The molecule has 0 bridgehead atoms. The molecule has 1 aliphatic carbocycles. The summed E-state index contributed by atoms with van der Waals surface area (Å²) in [5, 5.41) is 0. The van der Waals surface area contributed by atoms with Crippen molar-refractivity contribution in [3.05, 3.63) is 35.4 Å². The van der Waals surface area contributed by atoms with Crippen molar-refractivity contribution in [1.82, 2.24) is 5.48 Å². The van der Waals surface area contributed by atoms with Gasteiger partial charge in [-0.15, -0.1) is 0 Å². The summed E-state index contributed by atoms with van der Waals surface area (Å²) in [5.74, 6) is 0.268. The highest BCUT2D eigenvalue weighted by molar-refractivity contribution is 5.39. The maximum Gasteiger partial charge on any atom is 0.413 e. The molecule has 0 saturated carbocycles. The Morgan fingerprint density at radius 3 is 2.75 bits per heavy atom. The van der Waals surface area contributed by atoms with Crippen LogP contribution < -0.4 is 5.48 Å². The quantitative estimate of drug-likeness (QED) is 0.634. The SMILES string of the molecule is FC(F)(F)CONCC1Cc2ccccc21. The first-order valence-corrected chi connectivity index (χ1v) is 5.05. The number of rotatable bonds is 4. The molecule has 0 amide bonds. The van der Waals surface area contributed by atoms with E-state index in [0.717, 1.165) is 6.42 Å². The Balaban J connectivity index is 1.70. The smallest absolute Gasteiger partial charge is 0.292 e. The molecule has 0 radical (unpaired) electrons. The highest BCUT2D eigenvalue weighted by atomic mass is 19.4. The van der Waals surface area contributed by atoms with Crippen LogP contribution in [0.3, 0.4) is 0 Å². The third-order valence-corrected chi connectivity index (χ3v) is 2.63. The fraction of sp³-hybridized carbons (Fsp3) is 0.455. The van der Waals surface area contributed by atoms with E-state index in [1.165, 1.54) is 11.1 Å². The van der Waals surface area contributed by atoms with Gasteiger partial charge in [0.05, 0.1) is 0 Å². The van der Waals surface area contributed by atoms with Gasteiger partial charge in [-0.2, -0.15) is 13.2 Å². The molecule has 0 aromatic heterocycles. The average molecular weight is 231 g/mol. The van der Waals surface area contributed by atoms with Crippen molar-refractivity contribution in [2.75, 3.05) is 13.2 Å². The largest absolute Gasteiger partial charge is 0.413 e. The fourth-order valence-electron chi connectivity index (χ4n) is 1.84. The summed E-state index contributed by atoms with van der Waals surface area (Å²) >= 11 is 0. The molecule has 88 valence electrons. The Bertz CT molecular complexity index is 364. The molecule has 0 saturated heterocycles. The predicted octanol–water partition coefficient (Wildman–Crippen LogP) is 2.41. The first-order valence-electron chi connectivity index (χ1n) is 5.05. The van der Waals surface area contributed by atoms with Gasteiger partial charge < -0.3 is 0 Å². The number of hydrogen-bond acceptors (Lipinski definition) is 2. The summed E-state index contributed by atoms with van der Waals surface area (Å²) in [4.78, 5) is 4.34. The van der Waals surface area contributed by atoms with E-state index in [4.69, 9.17) is 0 Å². The first kappa shape index (κ1) is 11.4. The van der Waals surface area contributed by atoms with E-state index in [0.29, 0.717) is 6.54 Å². The van der Waals surface area contributed by atoms with Crippen LogP contribution in [0, 0.1) is 0 Å². The molecule has 0 fully saturated rings. The van der Waals surface area contributed by atoms with Crippen LogP contribution in [0.5, 0.6) is 0 Å². The molecule has 1 aromatic rings. The molecule has 16 heavy (non-hydrogen) atoms. The molecule has 0 spiro atoms. The zero-order valence-corrected chi connectivity index (χ0v) is 8.55. The number of halogens is 3. The number of fused-ring (bicyclic) bond motifs is 1. The van der Waals surface area contributed by atoms with E-state index >= 15 is 0 Å². The zero-order valence-electron chi connectivity index (χ0n) is 8.55. The third-order valence-electron chi connectivity index (χ3n) is 2.63. The molecular formula is C11H12F3NO. The topological polar surface area (TPSA) is 21.3 Å². The maximum atomic E-state index is 11.7. The maximum absolute atomic E-state index is 11.7. The molecule has 1 unspecified atom stereocenters. The molecule has 1 N–H and O–H groups in total. The summed E-state index contributed by atoms with van der Waals surface area (Å²) in [6.45, 7) is -0.825. The van der Waals surface area contributed by atoms with Crippen LogP contribution in [-0.4, -0.2) is 19.3 Å². The van der Waals surface area contributed by atoms with E-state index in [1.54, 1.807) is 0 Å². The molecule has 2 nitrogen and oxygen atoms in total. The second-order valence-corrected chi connectivity index (χ2v) is 3.85. The second kappa shape index (κ2) is 4.43. The molecule has 1 aliphatic rings. The number of hydrogen-bond donors (Lipinski definition) is 1. The molecular weight excluding hydrogens is 219 g/mol. The Hall–Kier alpha value is -1.07. The molecule has 0 aliphatic heterocycles. The van der Waals surface area contributed by atoms with E-state index in [9.17, 15) is 13.2 Å². The molecule has 2 rings (SSSR count). The Kier molecular flexibility index (Phi) is 3.16. The number of hydroxylamine groups is 1. The predicted molar refractivity (Wildman–Crippen MR) is 52.9 cm³/mol. The lowest BCUT2D eigenvalue weighted by Gasteiger charge is -2.30. The van der Waals surface area contributed by atoms with E-state index in [2.05, 4.69) is 10.3 Å². The van der Waals surface area contributed by atoms with Crippen molar-refractivity contribution in [3.8, 4) is 0 Å². The van der Waals surface area contributed by atoms with Gasteiger partial charge in [0.15, 0.2) is 6.61 Å². The minimum Gasteiger partial charge on any atom is -0.292 e. The summed E-state index contributed by atoms with van der Waals surface area (Å²) < 4.78 is 35.2. The summed E-state index contributed by atoms with van der Waals surface area (Å²) in [5.41, 5.74) is 4.83. The summed E-state index contributed by atoms with van der Waals surface area (Å²) in [6, 6.07) is 7.92. The van der Waals surface area contributed by atoms with E-state index < -0.39 is 12.8 Å². The Morgan fingerprint density at radius 2 is 2.06 bits per heavy atom. The van der Waals surface area contributed by atoms with Gasteiger partial charge in [-0.05, 0) is 17.5 Å². The zero-order chi connectivity index (χ0) is 11.6. The van der Waals surface area contributed by atoms with Gasteiger partial charge in [0.25, 0.3) is 0 Å². The highest BCUT2D eigenvalue weighted by Crippen LogP contribution is 2.33. The lowest BCUT2D eigenvalue weighted by Crippen LogP contribution is -2.32. The third kappa shape index (κ3) is 2.74. The average Bonchev–Trinajstić information content (AvgIpc) is 2.17. The van der Waals surface area contributed by atoms with Gasteiger partial charge in [-0.1, -0.05) is 24.3 Å². The van der Waals surface area contributed by atoms with Crippen LogP contribution in [0.4, 0.5) is 13.2 Å². The lowest BCUT2D eigenvalue weighted by atomic mass is 9.78. The minimum atomic E-state index is -4.27. The molecule has 5 heteroatoms.